The van der Waals surface area contributed by atoms with Gasteiger partial charge in [-0.05, 0) is 0 Å². The predicted molar refractivity (Wildman–Crippen MR) is 43.8 cm³/mol. The van der Waals surface area contributed by atoms with Crippen LogP contribution in [-0.2, 0) is 19.1 Å². The smallest absolute Gasteiger partial charge is 0.229 e. The van der Waals surface area contributed by atoms with Crippen LogP contribution in [0.2, 0.25) is 0 Å². The predicted octanol–water partition coefficient (Wildman–Crippen LogP) is -0.246. The largest absolute Gasteiger partial charge is 0.354 e. The minimum Gasteiger partial charge on any atom is -0.354 e. The summed E-state index contributed by atoms with van der Waals surface area (Å²) in [5.41, 5.74) is 0. The highest BCUT2D eigenvalue weighted by molar-refractivity contribution is 6.01. The summed E-state index contributed by atoms with van der Waals surface area (Å²) in [7, 11) is 2.94. The number of ether oxygens (including phenoxy) is 2. The molecule has 0 unspecified atom stereocenters. The van der Waals surface area contributed by atoms with Crippen LogP contribution in [-0.4, -0.2) is 43.8 Å². The number of rotatable bonds is 4. The highest BCUT2D eigenvalue weighted by atomic mass is 16.7. The van der Waals surface area contributed by atoms with Crippen LogP contribution in [0.3, 0.4) is 0 Å². The van der Waals surface area contributed by atoms with Gasteiger partial charge in [0.1, 0.15) is 0 Å². The normalized spacial score (nSPS) is 17.6. The van der Waals surface area contributed by atoms with E-state index in [0.717, 1.165) is 0 Å². The number of hydrogen-bond donors (Lipinski definition) is 0. The van der Waals surface area contributed by atoms with Crippen LogP contribution in [0, 0.1) is 0 Å². The van der Waals surface area contributed by atoms with Gasteiger partial charge in [0.25, 0.3) is 0 Å². The van der Waals surface area contributed by atoms with Crippen molar-refractivity contribution in [1.29, 1.82) is 0 Å². The van der Waals surface area contributed by atoms with E-state index in [-0.39, 0.29) is 18.4 Å². The topological polar surface area (TPSA) is 55.8 Å². The zero-order valence-corrected chi connectivity index (χ0v) is 7.78. The Bertz CT molecular complexity index is 196. The lowest BCUT2D eigenvalue weighted by Crippen LogP contribution is -2.37. The lowest BCUT2D eigenvalue weighted by molar-refractivity contribution is -0.151. The molecule has 0 aromatic rings. The molecule has 1 saturated heterocycles. The van der Waals surface area contributed by atoms with Crippen molar-refractivity contribution in [3.05, 3.63) is 0 Å². The molecular formula is C8H13NO4. The molecule has 0 atom stereocenters. The van der Waals surface area contributed by atoms with E-state index in [1.54, 1.807) is 0 Å². The van der Waals surface area contributed by atoms with E-state index in [1.807, 2.05) is 0 Å². The summed E-state index contributed by atoms with van der Waals surface area (Å²) < 4.78 is 9.78. The summed E-state index contributed by atoms with van der Waals surface area (Å²) >= 11 is 0. The monoisotopic (exact) mass is 187 g/mol. The second-order valence-corrected chi connectivity index (χ2v) is 2.80. The number of imide groups is 1. The average Bonchev–Trinajstić information content (AvgIpc) is 2.44. The first-order valence-electron chi connectivity index (χ1n) is 4.07. The molecule has 1 aliphatic rings. The van der Waals surface area contributed by atoms with Gasteiger partial charge in [0.15, 0.2) is 6.29 Å². The number of carbonyl (C=O) groups is 2. The summed E-state index contributed by atoms with van der Waals surface area (Å²) in [5.74, 6) is -0.298. The van der Waals surface area contributed by atoms with Crippen LogP contribution in [0.1, 0.15) is 12.8 Å². The van der Waals surface area contributed by atoms with E-state index in [0.29, 0.717) is 12.8 Å². The number of amides is 2. The van der Waals surface area contributed by atoms with Crippen molar-refractivity contribution in [3.8, 4) is 0 Å². The molecule has 74 valence electrons. The summed E-state index contributed by atoms with van der Waals surface area (Å²) in [6, 6.07) is 0. The zero-order chi connectivity index (χ0) is 9.84. The fraction of sp³-hybridized carbons (Fsp3) is 0.750. The minimum absolute atomic E-state index is 0.149. The van der Waals surface area contributed by atoms with E-state index in [2.05, 4.69) is 0 Å². The summed E-state index contributed by atoms with van der Waals surface area (Å²) in [4.78, 5) is 23.5. The molecule has 0 bridgehead atoms. The van der Waals surface area contributed by atoms with E-state index >= 15 is 0 Å². The number of likely N-dealkylation sites (tertiary alicyclic amines) is 1. The summed E-state index contributed by atoms with van der Waals surface area (Å²) in [6.45, 7) is 0.185. The first-order chi connectivity index (χ1) is 6.19. The summed E-state index contributed by atoms with van der Waals surface area (Å²) in [5, 5.41) is 0. The Kier molecular flexibility index (Phi) is 3.39. The second-order valence-electron chi connectivity index (χ2n) is 2.80. The molecule has 0 spiro atoms. The first-order valence-corrected chi connectivity index (χ1v) is 4.07. The van der Waals surface area contributed by atoms with Gasteiger partial charge in [-0.1, -0.05) is 0 Å². The molecule has 2 amide bonds. The maximum Gasteiger partial charge on any atom is 0.229 e. The van der Waals surface area contributed by atoms with E-state index in [4.69, 9.17) is 9.47 Å². The van der Waals surface area contributed by atoms with Crippen molar-refractivity contribution in [2.24, 2.45) is 0 Å². The second kappa shape index (κ2) is 4.34. The van der Waals surface area contributed by atoms with Gasteiger partial charge in [0, 0.05) is 27.1 Å². The molecule has 0 N–H and O–H groups in total. The Morgan fingerprint density at radius 3 is 2.08 bits per heavy atom. The molecule has 0 radical (unpaired) electrons. The van der Waals surface area contributed by atoms with Gasteiger partial charge in [0.05, 0.1) is 6.54 Å². The first kappa shape index (κ1) is 10.1. The Labute approximate surface area is 76.6 Å². The van der Waals surface area contributed by atoms with Gasteiger partial charge in [-0.25, -0.2) is 0 Å². The molecule has 0 aliphatic carbocycles. The van der Waals surface area contributed by atoms with E-state index in [9.17, 15) is 9.59 Å². The Morgan fingerprint density at radius 1 is 1.23 bits per heavy atom. The van der Waals surface area contributed by atoms with Crippen molar-refractivity contribution < 1.29 is 19.1 Å². The molecule has 0 aromatic heterocycles. The minimum atomic E-state index is -0.522. The average molecular weight is 187 g/mol. The van der Waals surface area contributed by atoms with E-state index < -0.39 is 6.29 Å². The van der Waals surface area contributed by atoms with Gasteiger partial charge in [-0.15, -0.1) is 0 Å². The van der Waals surface area contributed by atoms with Crippen LogP contribution in [0.15, 0.2) is 0 Å². The molecule has 5 nitrogen and oxygen atoms in total. The fourth-order valence-electron chi connectivity index (χ4n) is 1.22. The molecule has 0 aromatic carbocycles. The molecule has 5 heteroatoms. The van der Waals surface area contributed by atoms with Crippen molar-refractivity contribution >= 4 is 11.8 Å². The number of methoxy groups -OCH3 is 2. The van der Waals surface area contributed by atoms with Gasteiger partial charge in [-0.3, -0.25) is 14.5 Å². The van der Waals surface area contributed by atoms with E-state index in [1.165, 1.54) is 19.1 Å². The van der Waals surface area contributed by atoms with Gasteiger partial charge in [0.2, 0.25) is 11.8 Å². The third-order valence-corrected chi connectivity index (χ3v) is 2.01. The van der Waals surface area contributed by atoms with Gasteiger partial charge >= 0.3 is 0 Å². The lowest BCUT2D eigenvalue weighted by atomic mass is 10.4. The molecule has 1 aliphatic heterocycles. The molecule has 1 rings (SSSR count). The molecule has 0 saturated carbocycles. The van der Waals surface area contributed by atoms with Crippen molar-refractivity contribution in [3.63, 3.8) is 0 Å². The zero-order valence-electron chi connectivity index (χ0n) is 7.78. The number of hydrogen-bond acceptors (Lipinski definition) is 4. The number of carbonyl (C=O) groups excluding carboxylic acids is 2. The van der Waals surface area contributed by atoms with Crippen molar-refractivity contribution in [2.75, 3.05) is 20.8 Å². The summed E-state index contributed by atoms with van der Waals surface area (Å²) in [6.07, 6.45) is 0.0869. The standard InChI is InChI=1S/C8H13NO4/c1-12-8(13-2)5-9-6(10)3-4-7(9)11/h8H,3-5H2,1-2H3. The Hall–Kier alpha value is -0.940. The van der Waals surface area contributed by atoms with Crippen LogP contribution in [0.4, 0.5) is 0 Å². The maximum atomic E-state index is 11.1. The van der Waals surface area contributed by atoms with Crippen LogP contribution in [0.25, 0.3) is 0 Å². The van der Waals surface area contributed by atoms with Crippen molar-refractivity contribution in [2.45, 2.75) is 19.1 Å². The SMILES string of the molecule is COC(CN1C(=O)CCC1=O)OC. The fourth-order valence-corrected chi connectivity index (χ4v) is 1.22. The quantitative estimate of drug-likeness (QED) is 0.450. The van der Waals surface area contributed by atoms with Gasteiger partial charge in [-0.2, -0.15) is 0 Å². The van der Waals surface area contributed by atoms with Crippen LogP contribution >= 0.6 is 0 Å². The Morgan fingerprint density at radius 2 is 1.69 bits per heavy atom. The molecular weight excluding hydrogens is 174 g/mol. The maximum absolute atomic E-state index is 11.1. The highest BCUT2D eigenvalue weighted by Gasteiger charge is 2.30. The molecule has 1 fully saturated rings. The third-order valence-electron chi connectivity index (χ3n) is 2.01. The van der Waals surface area contributed by atoms with Gasteiger partial charge < -0.3 is 9.47 Å². The third kappa shape index (κ3) is 2.26. The lowest BCUT2D eigenvalue weighted by Gasteiger charge is -2.19. The Balaban J connectivity index is 2.51. The van der Waals surface area contributed by atoms with Crippen LogP contribution < -0.4 is 0 Å². The molecule has 13 heavy (non-hydrogen) atoms. The number of nitrogens with zero attached hydrogens (tertiary/aromatic N) is 1. The highest BCUT2D eigenvalue weighted by Crippen LogP contribution is 2.12. The van der Waals surface area contributed by atoms with Crippen molar-refractivity contribution in [1.82, 2.24) is 4.90 Å². The van der Waals surface area contributed by atoms with Crippen LogP contribution in [0.5, 0.6) is 0 Å². The molecule has 1 heterocycles.